The first-order valence-corrected chi connectivity index (χ1v) is 10.8. The molecule has 2 heterocycles. The van der Waals surface area contributed by atoms with E-state index in [4.69, 9.17) is 9.73 Å². The van der Waals surface area contributed by atoms with Crippen LogP contribution in [0.3, 0.4) is 0 Å². The number of benzene rings is 1. The van der Waals surface area contributed by atoms with Crippen molar-refractivity contribution in [3.8, 4) is 0 Å². The third kappa shape index (κ3) is 5.93. The van der Waals surface area contributed by atoms with E-state index >= 15 is 0 Å². The van der Waals surface area contributed by atoms with E-state index in [1.54, 1.807) is 0 Å². The van der Waals surface area contributed by atoms with Crippen molar-refractivity contribution in [1.82, 2.24) is 20.0 Å². The molecule has 0 aliphatic carbocycles. The summed E-state index contributed by atoms with van der Waals surface area (Å²) < 4.78 is 5.51. The van der Waals surface area contributed by atoms with Crippen LogP contribution in [0.25, 0.3) is 0 Å². The summed E-state index contributed by atoms with van der Waals surface area (Å²) in [4.78, 5) is 12.4. The van der Waals surface area contributed by atoms with E-state index in [0.717, 1.165) is 65.0 Å². The zero-order valence-corrected chi connectivity index (χ0v) is 17.8. The van der Waals surface area contributed by atoms with Crippen LogP contribution < -0.4 is 5.32 Å². The fourth-order valence-electron chi connectivity index (χ4n) is 3.99. The van der Waals surface area contributed by atoms with Gasteiger partial charge in [-0.05, 0) is 32.9 Å². The van der Waals surface area contributed by atoms with Crippen LogP contribution in [0.2, 0.25) is 0 Å². The van der Waals surface area contributed by atoms with Crippen LogP contribution in [0.5, 0.6) is 0 Å². The molecule has 0 amide bonds. The maximum absolute atomic E-state index is 5.51. The quantitative estimate of drug-likeness (QED) is 0.572. The van der Waals surface area contributed by atoms with Crippen LogP contribution in [-0.4, -0.2) is 92.3 Å². The molecule has 0 spiro atoms. The molecule has 1 aromatic carbocycles. The summed E-state index contributed by atoms with van der Waals surface area (Å²) in [5, 5.41) is 3.51. The van der Waals surface area contributed by atoms with Crippen LogP contribution >= 0.6 is 0 Å². The van der Waals surface area contributed by atoms with Crippen molar-refractivity contribution in [2.75, 3.05) is 59.5 Å². The Bertz CT molecular complexity index is 602. The molecule has 2 aliphatic rings. The number of hydrogen-bond donors (Lipinski definition) is 1. The maximum atomic E-state index is 5.51. The van der Waals surface area contributed by atoms with Crippen molar-refractivity contribution in [3.05, 3.63) is 35.9 Å². The van der Waals surface area contributed by atoms with Crippen LogP contribution in [-0.2, 0) is 11.3 Å². The molecule has 2 saturated heterocycles. The molecule has 6 nitrogen and oxygen atoms in total. The summed E-state index contributed by atoms with van der Waals surface area (Å²) >= 11 is 0. The van der Waals surface area contributed by atoms with Gasteiger partial charge in [0.2, 0.25) is 0 Å². The Morgan fingerprint density at radius 2 is 2.00 bits per heavy atom. The van der Waals surface area contributed by atoms with E-state index in [9.17, 15) is 0 Å². The second kappa shape index (κ2) is 10.8. The summed E-state index contributed by atoms with van der Waals surface area (Å²) in [5.41, 5.74) is 1.35. The van der Waals surface area contributed by atoms with Gasteiger partial charge in [0.1, 0.15) is 0 Å². The lowest BCUT2D eigenvalue weighted by molar-refractivity contribution is 0.0195. The van der Waals surface area contributed by atoms with E-state index in [1.165, 1.54) is 12.0 Å². The van der Waals surface area contributed by atoms with E-state index in [1.807, 2.05) is 0 Å². The average Bonchev–Trinajstić information content (AvgIpc) is 3.22. The number of aliphatic imine (C=N–C) groups is 1. The standard InChI is InChI=1S/C22H37N5O/c1-4-23-22(27-11-10-21(18-27)26-12-14-28-15-13-26)24-16-19(2)25(3)17-20-8-6-5-7-9-20/h5-9,19,21H,4,10-18H2,1-3H3,(H,23,24). The lowest BCUT2D eigenvalue weighted by Crippen LogP contribution is -2.47. The third-order valence-electron chi connectivity index (χ3n) is 5.89. The fraction of sp³-hybridized carbons (Fsp3) is 0.682. The molecule has 3 rings (SSSR count). The number of likely N-dealkylation sites (N-methyl/N-ethyl adjacent to an activating group) is 1. The largest absolute Gasteiger partial charge is 0.379 e. The SMILES string of the molecule is CCNC(=NCC(C)N(C)Cc1ccccc1)N1CCC(N2CCOCC2)C1. The Labute approximate surface area is 170 Å². The van der Waals surface area contributed by atoms with Gasteiger partial charge in [-0.2, -0.15) is 0 Å². The number of nitrogens with zero attached hydrogens (tertiary/aromatic N) is 4. The Kier molecular flexibility index (Phi) is 8.13. The number of rotatable bonds is 7. The molecule has 2 aliphatic heterocycles. The fourth-order valence-corrected chi connectivity index (χ4v) is 3.99. The Balaban J connectivity index is 1.53. The Hall–Kier alpha value is -1.63. The molecule has 1 N–H and O–H groups in total. The highest BCUT2D eigenvalue weighted by Crippen LogP contribution is 2.17. The van der Waals surface area contributed by atoms with Crippen molar-refractivity contribution in [1.29, 1.82) is 0 Å². The summed E-state index contributed by atoms with van der Waals surface area (Å²) in [7, 11) is 2.18. The maximum Gasteiger partial charge on any atom is 0.194 e. The normalized spacial score (nSPS) is 22.6. The summed E-state index contributed by atoms with van der Waals surface area (Å²) in [6.07, 6.45) is 1.22. The first kappa shape index (κ1) is 21.1. The molecule has 6 heteroatoms. The van der Waals surface area contributed by atoms with Gasteiger partial charge < -0.3 is 15.0 Å². The first-order valence-electron chi connectivity index (χ1n) is 10.8. The number of nitrogens with one attached hydrogen (secondary N) is 1. The van der Waals surface area contributed by atoms with Crippen molar-refractivity contribution in [2.24, 2.45) is 4.99 Å². The van der Waals surface area contributed by atoms with E-state index in [2.05, 4.69) is 71.2 Å². The van der Waals surface area contributed by atoms with Gasteiger partial charge in [0.05, 0.1) is 19.8 Å². The molecule has 1 aromatic rings. The smallest absolute Gasteiger partial charge is 0.194 e. The summed E-state index contributed by atoms with van der Waals surface area (Å²) in [6, 6.07) is 11.7. The van der Waals surface area contributed by atoms with Crippen LogP contribution in [0, 0.1) is 0 Å². The van der Waals surface area contributed by atoms with Gasteiger partial charge in [0, 0.05) is 51.4 Å². The van der Waals surface area contributed by atoms with Crippen molar-refractivity contribution >= 4 is 5.96 Å². The highest BCUT2D eigenvalue weighted by Gasteiger charge is 2.30. The minimum atomic E-state index is 0.395. The highest BCUT2D eigenvalue weighted by atomic mass is 16.5. The van der Waals surface area contributed by atoms with Gasteiger partial charge in [-0.15, -0.1) is 0 Å². The number of morpholine rings is 1. The molecular formula is C22H37N5O. The van der Waals surface area contributed by atoms with E-state index in [0.29, 0.717) is 12.1 Å². The highest BCUT2D eigenvalue weighted by molar-refractivity contribution is 5.80. The van der Waals surface area contributed by atoms with Crippen molar-refractivity contribution < 1.29 is 4.74 Å². The van der Waals surface area contributed by atoms with Gasteiger partial charge in [-0.3, -0.25) is 14.8 Å². The monoisotopic (exact) mass is 387 g/mol. The van der Waals surface area contributed by atoms with Crippen molar-refractivity contribution in [3.63, 3.8) is 0 Å². The minimum Gasteiger partial charge on any atom is -0.379 e. The summed E-state index contributed by atoms with van der Waals surface area (Å²) in [5.74, 6) is 1.07. The average molecular weight is 388 g/mol. The molecule has 2 unspecified atom stereocenters. The van der Waals surface area contributed by atoms with Crippen molar-refractivity contribution in [2.45, 2.75) is 38.9 Å². The van der Waals surface area contributed by atoms with Gasteiger partial charge in [-0.25, -0.2) is 0 Å². The molecule has 28 heavy (non-hydrogen) atoms. The molecule has 0 saturated carbocycles. The van der Waals surface area contributed by atoms with Gasteiger partial charge >= 0.3 is 0 Å². The van der Waals surface area contributed by atoms with Crippen LogP contribution in [0.4, 0.5) is 0 Å². The molecule has 2 atom stereocenters. The predicted molar refractivity (Wildman–Crippen MR) is 116 cm³/mol. The van der Waals surface area contributed by atoms with Gasteiger partial charge in [0.15, 0.2) is 5.96 Å². The lowest BCUT2D eigenvalue weighted by Gasteiger charge is -2.32. The van der Waals surface area contributed by atoms with E-state index in [-0.39, 0.29) is 0 Å². The van der Waals surface area contributed by atoms with E-state index < -0.39 is 0 Å². The number of guanidine groups is 1. The molecular weight excluding hydrogens is 350 g/mol. The molecule has 0 radical (unpaired) electrons. The molecule has 0 aromatic heterocycles. The molecule has 0 bridgehead atoms. The second-order valence-electron chi connectivity index (χ2n) is 7.98. The van der Waals surface area contributed by atoms with Crippen LogP contribution in [0.15, 0.2) is 35.3 Å². The number of likely N-dealkylation sites (tertiary alicyclic amines) is 1. The first-order chi connectivity index (χ1) is 13.7. The zero-order chi connectivity index (χ0) is 19.8. The topological polar surface area (TPSA) is 43.3 Å². The van der Waals surface area contributed by atoms with Gasteiger partial charge in [0.25, 0.3) is 0 Å². The van der Waals surface area contributed by atoms with Crippen LogP contribution in [0.1, 0.15) is 25.8 Å². The molecule has 2 fully saturated rings. The minimum absolute atomic E-state index is 0.395. The number of hydrogen-bond acceptors (Lipinski definition) is 4. The third-order valence-corrected chi connectivity index (χ3v) is 5.89. The summed E-state index contributed by atoms with van der Waals surface area (Å²) in [6.45, 7) is 13.1. The Morgan fingerprint density at radius 1 is 1.25 bits per heavy atom. The molecule has 156 valence electrons. The second-order valence-corrected chi connectivity index (χ2v) is 7.98. The Morgan fingerprint density at radius 3 is 2.71 bits per heavy atom. The number of ether oxygens (including phenoxy) is 1. The predicted octanol–water partition coefficient (Wildman–Crippen LogP) is 1.88. The zero-order valence-electron chi connectivity index (χ0n) is 17.8. The van der Waals surface area contributed by atoms with Gasteiger partial charge in [-0.1, -0.05) is 30.3 Å². The lowest BCUT2D eigenvalue weighted by atomic mass is 10.2.